The molecule has 0 bridgehead atoms. The first-order valence-corrected chi connectivity index (χ1v) is 8.75. The molecule has 1 atom stereocenters. The smallest absolute Gasteiger partial charge is 0.242 e. The van der Waals surface area contributed by atoms with E-state index in [0.717, 1.165) is 57.7 Å². The van der Waals surface area contributed by atoms with Gasteiger partial charge < -0.3 is 15.1 Å². The number of piperazine rings is 1. The third-order valence-electron chi connectivity index (χ3n) is 4.66. The van der Waals surface area contributed by atoms with Gasteiger partial charge in [0.2, 0.25) is 11.8 Å². The maximum absolute atomic E-state index is 12.2. The van der Waals surface area contributed by atoms with E-state index >= 15 is 0 Å². The summed E-state index contributed by atoms with van der Waals surface area (Å²) in [4.78, 5) is 28.6. The fraction of sp³-hybridized carbons (Fsp3) is 0.647. The van der Waals surface area contributed by atoms with Gasteiger partial charge >= 0.3 is 0 Å². The fourth-order valence-electron chi connectivity index (χ4n) is 3.25. The van der Waals surface area contributed by atoms with E-state index in [9.17, 15) is 9.59 Å². The highest BCUT2D eigenvalue weighted by atomic mass is 16.3. The van der Waals surface area contributed by atoms with Crippen LogP contribution in [0.25, 0.3) is 0 Å². The van der Waals surface area contributed by atoms with Crippen molar-refractivity contribution in [1.29, 1.82) is 0 Å². The van der Waals surface area contributed by atoms with Crippen molar-refractivity contribution in [2.75, 3.05) is 39.3 Å². The van der Waals surface area contributed by atoms with E-state index in [2.05, 4.69) is 20.4 Å². The van der Waals surface area contributed by atoms with Crippen LogP contribution in [-0.2, 0) is 16.1 Å². The number of furan rings is 1. The largest absolute Gasteiger partial charge is 0.468 e. The lowest BCUT2D eigenvalue weighted by Crippen LogP contribution is -2.52. The molecule has 2 aliphatic rings. The second-order valence-electron chi connectivity index (χ2n) is 6.54. The molecule has 0 saturated carbocycles. The van der Waals surface area contributed by atoms with Crippen LogP contribution in [0.5, 0.6) is 0 Å². The van der Waals surface area contributed by atoms with Crippen molar-refractivity contribution < 1.29 is 14.0 Å². The molecule has 2 N–H and O–H groups in total. The molecule has 7 nitrogen and oxygen atoms in total. The van der Waals surface area contributed by atoms with Crippen LogP contribution in [0.2, 0.25) is 0 Å². The molecule has 1 aromatic heterocycles. The van der Waals surface area contributed by atoms with Gasteiger partial charge in [-0.05, 0) is 31.4 Å². The van der Waals surface area contributed by atoms with Gasteiger partial charge in [0, 0.05) is 32.7 Å². The minimum Gasteiger partial charge on any atom is -0.468 e. The van der Waals surface area contributed by atoms with E-state index in [0.29, 0.717) is 13.1 Å². The average Bonchev–Trinajstić information content (AvgIpc) is 3.00. The summed E-state index contributed by atoms with van der Waals surface area (Å²) < 4.78 is 5.38. The molecule has 2 saturated heterocycles. The summed E-state index contributed by atoms with van der Waals surface area (Å²) in [6.45, 7) is 5.42. The highest BCUT2D eigenvalue weighted by Crippen LogP contribution is 2.09. The molecule has 0 aliphatic carbocycles. The third kappa shape index (κ3) is 4.82. The first-order valence-electron chi connectivity index (χ1n) is 8.75. The summed E-state index contributed by atoms with van der Waals surface area (Å²) >= 11 is 0. The van der Waals surface area contributed by atoms with Crippen molar-refractivity contribution in [1.82, 2.24) is 20.4 Å². The lowest BCUT2D eigenvalue weighted by Gasteiger charge is -2.34. The van der Waals surface area contributed by atoms with Crippen molar-refractivity contribution in [3.05, 3.63) is 24.2 Å². The van der Waals surface area contributed by atoms with Crippen LogP contribution in [0.3, 0.4) is 0 Å². The summed E-state index contributed by atoms with van der Waals surface area (Å²) in [5.41, 5.74) is 0. The van der Waals surface area contributed by atoms with Crippen LogP contribution in [0.4, 0.5) is 0 Å². The van der Waals surface area contributed by atoms with Crippen LogP contribution in [0.1, 0.15) is 25.0 Å². The number of nitrogens with zero attached hydrogens (tertiary/aromatic N) is 2. The molecular weight excluding hydrogens is 308 g/mol. The van der Waals surface area contributed by atoms with E-state index in [1.807, 2.05) is 12.1 Å². The average molecular weight is 334 g/mol. The van der Waals surface area contributed by atoms with Gasteiger partial charge in [-0.25, -0.2) is 0 Å². The van der Waals surface area contributed by atoms with Gasteiger partial charge in [-0.3, -0.25) is 19.4 Å². The lowest BCUT2D eigenvalue weighted by atomic mass is 10.1. The van der Waals surface area contributed by atoms with Crippen LogP contribution in [-0.4, -0.2) is 66.9 Å². The summed E-state index contributed by atoms with van der Waals surface area (Å²) in [7, 11) is 0. The molecule has 2 fully saturated rings. The Hall–Kier alpha value is -1.86. The second-order valence-corrected chi connectivity index (χ2v) is 6.54. The molecule has 0 unspecified atom stereocenters. The molecule has 2 amide bonds. The van der Waals surface area contributed by atoms with Crippen LogP contribution >= 0.6 is 0 Å². The Morgan fingerprint density at radius 3 is 2.79 bits per heavy atom. The molecule has 0 aromatic carbocycles. The lowest BCUT2D eigenvalue weighted by molar-refractivity contribution is -0.129. The molecule has 24 heavy (non-hydrogen) atoms. The number of hydrogen-bond acceptors (Lipinski definition) is 5. The van der Waals surface area contributed by atoms with Gasteiger partial charge in [0.15, 0.2) is 0 Å². The maximum atomic E-state index is 12.2. The van der Waals surface area contributed by atoms with E-state index in [1.54, 1.807) is 6.26 Å². The van der Waals surface area contributed by atoms with E-state index in [-0.39, 0.29) is 17.9 Å². The number of carbonyl (C=O) groups excluding carboxylic acids is 2. The Labute approximate surface area is 142 Å². The Bertz CT molecular complexity index is 538. The molecule has 0 radical (unpaired) electrons. The Morgan fingerprint density at radius 2 is 2.04 bits per heavy atom. The zero-order valence-electron chi connectivity index (χ0n) is 14.0. The van der Waals surface area contributed by atoms with Gasteiger partial charge in [0.05, 0.1) is 19.4 Å². The van der Waals surface area contributed by atoms with Crippen molar-refractivity contribution in [2.24, 2.45) is 0 Å². The van der Waals surface area contributed by atoms with Crippen molar-refractivity contribution >= 4 is 11.8 Å². The first kappa shape index (κ1) is 17.0. The number of hydrogen-bond donors (Lipinski definition) is 2. The normalized spacial score (nSPS) is 23.5. The van der Waals surface area contributed by atoms with Crippen molar-refractivity contribution in [3.8, 4) is 0 Å². The fourth-order valence-corrected chi connectivity index (χ4v) is 3.25. The first-order chi connectivity index (χ1) is 11.7. The predicted molar refractivity (Wildman–Crippen MR) is 89.2 cm³/mol. The van der Waals surface area contributed by atoms with Crippen molar-refractivity contribution in [2.45, 2.75) is 31.8 Å². The molecule has 1 aromatic rings. The highest BCUT2D eigenvalue weighted by molar-refractivity contribution is 5.88. The molecule has 0 spiro atoms. The summed E-state index contributed by atoms with van der Waals surface area (Å²) in [6, 6.07) is 3.51. The van der Waals surface area contributed by atoms with E-state index in [4.69, 9.17) is 4.42 Å². The standard InChI is InChI=1S/C17H26N4O3/c22-16(19-15-5-1-2-6-18-17(15)23)13-21-9-7-20(8-10-21)12-14-4-3-11-24-14/h3-4,11,15H,1-2,5-10,12-13H2,(H,18,23)(H,19,22)/t15-/m0/s1. The zero-order valence-corrected chi connectivity index (χ0v) is 14.0. The second kappa shape index (κ2) is 8.30. The zero-order chi connectivity index (χ0) is 16.8. The molecule has 2 aliphatic heterocycles. The molecular formula is C17H26N4O3. The maximum Gasteiger partial charge on any atom is 0.242 e. The summed E-state index contributed by atoms with van der Waals surface area (Å²) in [6.07, 6.45) is 4.37. The molecule has 132 valence electrons. The van der Waals surface area contributed by atoms with E-state index < -0.39 is 0 Å². The number of rotatable bonds is 5. The van der Waals surface area contributed by atoms with Gasteiger partial charge in [-0.1, -0.05) is 0 Å². The Balaban J connectivity index is 1.39. The quantitative estimate of drug-likeness (QED) is 0.803. The predicted octanol–water partition coefficient (Wildman–Crippen LogP) is 0.182. The van der Waals surface area contributed by atoms with Crippen LogP contribution in [0, 0.1) is 0 Å². The highest BCUT2D eigenvalue weighted by Gasteiger charge is 2.24. The van der Waals surface area contributed by atoms with E-state index in [1.165, 1.54) is 0 Å². The third-order valence-corrected chi connectivity index (χ3v) is 4.66. The molecule has 3 rings (SSSR count). The van der Waals surface area contributed by atoms with Gasteiger partial charge in [0.1, 0.15) is 11.8 Å². The number of carbonyl (C=O) groups is 2. The van der Waals surface area contributed by atoms with Crippen molar-refractivity contribution in [3.63, 3.8) is 0 Å². The van der Waals surface area contributed by atoms with Gasteiger partial charge in [0.25, 0.3) is 0 Å². The number of nitrogens with one attached hydrogen (secondary N) is 2. The Kier molecular flexibility index (Phi) is 5.87. The van der Waals surface area contributed by atoms with Gasteiger partial charge in [-0.2, -0.15) is 0 Å². The minimum atomic E-state index is -0.375. The van der Waals surface area contributed by atoms with Crippen LogP contribution < -0.4 is 10.6 Å². The minimum absolute atomic E-state index is 0.0517. The number of amides is 2. The molecule has 3 heterocycles. The SMILES string of the molecule is O=C(CN1CCN(Cc2ccco2)CC1)N[C@H]1CCCCNC1=O. The topological polar surface area (TPSA) is 77.8 Å². The monoisotopic (exact) mass is 334 g/mol. The molecule has 7 heteroatoms. The Morgan fingerprint density at radius 1 is 1.25 bits per heavy atom. The van der Waals surface area contributed by atoms with Gasteiger partial charge in [-0.15, -0.1) is 0 Å². The van der Waals surface area contributed by atoms with Crippen LogP contribution in [0.15, 0.2) is 22.8 Å². The summed E-state index contributed by atoms with van der Waals surface area (Å²) in [5, 5.41) is 5.73. The summed E-state index contributed by atoms with van der Waals surface area (Å²) in [5.74, 6) is 0.862.